The molecule has 1 atom stereocenters. The Balaban J connectivity index is 1.89. The van der Waals surface area contributed by atoms with E-state index >= 15 is 0 Å². The summed E-state index contributed by atoms with van der Waals surface area (Å²) in [5, 5.41) is 13.9. The summed E-state index contributed by atoms with van der Waals surface area (Å²) in [7, 11) is -6.70. The van der Waals surface area contributed by atoms with Gasteiger partial charge in [0.15, 0.2) is 11.6 Å². The fourth-order valence-corrected chi connectivity index (χ4v) is 5.84. The maximum atomic E-state index is 13.8. The molecule has 1 heterocycles. The SMILES string of the molecule is C=CCC1(NOC)C(=O)C(C2=NS(=O)(=O)c3cc(NS(C)(=O)=O)ccc3N2)=C(O)c2ccccc21. The monoisotopic (exact) mass is 518 g/mol. The van der Waals surface area contributed by atoms with Gasteiger partial charge >= 0.3 is 0 Å². The van der Waals surface area contributed by atoms with Crippen LogP contribution in [0.3, 0.4) is 0 Å². The lowest BCUT2D eigenvalue weighted by molar-refractivity contribution is -0.128. The van der Waals surface area contributed by atoms with E-state index in [0.29, 0.717) is 5.56 Å². The van der Waals surface area contributed by atoms with Crippen LogP contribution in [0.5, 0.6) is 0 Å². The first kappa shape index (κ1) is 24.6. The molecule has 0 saturated heterocycles. The number of sulfonamides is 2. The van der Waals surface area contributed by atoms with E-state index in [1.807, 2.05) is 0 Å². The molecule has 1 unspecified atom stereocenters. The van der Waals surface area contributed by atoms with Crippen LogP contribution < -0.4 is 15.5 Å². The van der Waals surface area contributed by atoms with Crippen LogP contribution in [0.25, 0.3) is 5.76 Å². The van der Waals surface area contributed by atoms with Crippen molar-refractivity contribution in [2.75, 3.05) is 23.4 Å². The number of anilines is 2. The van der Waals surface area contributed by atoms with E-state index in [-0.39, 0.29) is 39.7 Å². The lowest BCUT2D eigenvalue weighted by Crippen LogP contribution is -2.53. The molecule has 2 aromatic rings. The predicted octanol–water partition coefficient (Wildman–Crippen LogP) is 2.05. The Morgan fingerprint density at radius 3 is 2.63 bits per heavy atom. The third kappa shape index (κ3) is 4.23. The highest BCUT2D eigenvalue weighted by Gasteiger charge is 2.49. The topological polar surface area (TPSA) is 163 Å². The van der Waals surface area contributed by atoms with E-state index < -0.39 is 37.1 Å². The zero-order valence-electron chi connectivity index (χ0n) is 18.7. The standard InChI is InChI=1S/C22H22N4O7S2/c1-4-11-22(26-33-2)15-8-6-5-7-14(15)19(27)18(20(22)28)21-23-16-10-9-13(24-34(3,29)30)12-17(16)35(31,32)25-21/h4-10,12,24,26-27H,1,11H2,2-3H3,(H,23,25). The quantitative estimate of drug-likeness (QED) is 0.317. The molecule has 0 fully saturated rings. The summed E-state index contributed by atoms with van der Waals surface area (Å²) in [4.78, 5) is 18.7. The van der Waals surface area contributed by atoms with Crippen LogP contribution in [0.2, 0.25) is 0 Å². The number of aliphatic hydroxyl groups excluding tert-OH is 1. The molecule has 1 aliphatic heterocycles. The van der Waals surface area contributed by atoms with Gasteiger partial charge in [-0.25, -0.2) is 8.42 Å². The molecule has 1 aliphatic carbocycles. The Labute approximate surface area is 202 Å². The molecule has 2 aliphatic rings. The Morgan fingerprint density at radius 2 is 1.97 bits per heavy atom. The number of carbonyl (C=O) groups is 1. The van der Waals surface area contributed by atoms with E-state index in [1.165, 1.54) is 25.3 Å². The number of hydrogen-bond donors (Lipinski definition) is 4. The number of aliphatic hydroxyl groups is 1. The molecule has 0 aromatic heterocycles. The number of amidine groups is 1. The van der Waals surface area contributed by atoms with E-state index in [4.69, 9.17) is 4.84 Å². The number of benzene rings is 2. The normalized spacial score (nSPS) is 20.9. The van der Waals surface area contributed by atoms with Crippen molar-refractivity contribution in [2.45, 2.75) is 16.9 Å². The highest BCUT2D eigenvalue weighted by Crippen LogP contribution is 2.42. The largest absolute Gasteiger partial charge is 0.506 e. The molecule has 4 rings (SSSR count). The highest BCUT2D eigenvalue weighted by atomic mass is 32.2. The van der Waals surface area contributed by atoms with Crippen LogP contribution in [-0.2, 0) is 35.2 Å². The van der Waals surface area contributed by atoms with Crippen molar-refractivity contribution < 1.29 is 31.6 Å². The molecule has 0 saturated carbocycles. The number of Topliss-reactive ketones (excluding diaryl/α,β-unsaturated/α-hetero) is 1. The molecule has 0 bridgehead atoms. The molecular weight excluding hydrogens is 496 g/mol. The second-order valence-corrected chi connectivity index (χ2v) is 11.2. The van der Waals surface area contributed by atoms with Crippen LogP contribution in [0.4, 0.5) is 11.4 Å². The zero-order valence-corrected chi connectivity index (χ0v) is 20.3. The Hall–Kier alpha value is -3.52. The first-order valence-electron chi connectivity index (χ1n) is 10.2. The van der Waals surface area contributed by atoms with Crippen molar-refractivity contribution in [3.05, 3.63) is 71.8 Å². The van der Waals surface area contributed by atoms with E-state index in [2.05, 4.69) is 26.5 Å². The smallest absolute Gasteiger partial charge is 0.286 e. The van der Waals surface area contributed by atoms with Gasteiger partial charge in [-0.15, -0.1) is 11.0 Å². The van der Waals surface area contributed by atoms with Crippen molar-refractivity contribution in [3.8, 4) is 0 Å². The number of carbonyl (C=O) groups excluding carboxylic acids is 1. The molecule has 0 amide bonds. The number of nitrogens with one attached hydrogen (secondary N) is 3. The third-order valence-electron chi connectivity index (χ3n) is 5.48. The Morgan fingerprint density at radius 1 is 1.26 bits per heavy atom. The van der Waals surface area contributed by atoms with Crippen LogP contribution >= 0.6 is 0 Å². The second kappa shape index (κ2) is 8.61. The molecule has 0 radical (unpaired) electrons. The zero-order chi connectivity index (χ0) is 25.6. The number of nitrogens with zero attached hydrogens (tertiary/aromatic N) is 1. The van der Waals surface area contributed by atoms with Crippen LogP contribution in [0.1, 0.15) is 17.5 Å². The second-order valence-electron chi connectivity index (χ2n) is 7.93. The molecule has 11 nitrogen and oxygen atoms in total. The molecule has 13 heteroatoms. The molecule has 184 valence electrons. The first-order chi connectivity index (χ1) is 16.4. The van der Waals surface area contributed by atoms with Crippen molar-refractivity contribution >= 4 is 48.8 Å². The van der Waals surface area contributed by atoms with Crippen molar-refractivity contribution in [1.29, 1.82) is 0 Å². The minimum Gasteiger partial charge on any atom is -0.506 e. The molecule has 2 aromatic carbocycles. The van der Waals surface area contributed by atoms with Gasteiger partial charge in [0.05, 0.1) is 19.1 Å². The van der Waals surface area contributed by atoms with Crippen molar-refractivity contribution in [1.82, 2.24) is 5.48 Å². The average molecular weight is 519 g/mol. The lowest BCUT2D eigenvalue weighted by Gasteiger charge is -2.38. The summed E-state index contributed by atoms with van der Waals surface area (Å²) in [5.74, 6) is -1.52. The summed E-state index contributed by atoms with van der Waals surface area (Å²) in [6, 6.07) is 10.4. The maximum absolute atomic E-state index is 13.8. The molecule has 0 spiro atoms. The van der Waals surface area contributed by atoms with Crippen LogP contribution in [0, 0.1) is 0 Å². The summed E-state index contributed by atoms with van der Waals surface area (Å²) in [5.41, 5.74) is 1.61. The number of fused-ring (bicyclic) bond motifs is 2. The lowest BCUT2D eigenvalue weighted by atomic mass is 9.73. The summed E-state index contributed by atoms with van der Waals surface area (Å²) in [6.45, 7) is 3.72. The average Bonchev–Trinajstić information content (AvgIpc) is 2.77. The summed E-state index contributed by atoms with van der Waals surface area (Å²) >= 11 is 0. The van der Waals surface area contributed by atoms with Gasteiger partial charge in [0, 0.05) is 11.3 Å². The maximum Gasteiger partial charge on any atom is 0.286 e. The number of hydroxylamine groups is 1. The van der Waals surface area contributed by atoms with Crippen molar-refractivity contribution in [2.24, 2.45) is 4.40 Å². The minimum atomic E-state index is -4.38. The van der Waals surface area contributed by atoms with E-state index in [0.717, 1.165) is 12.3 Å². The predicted molar refractivity (Wildman–Crippen MR) is 131 cm³/mol. The number of hydrogen-bond acceptors (Lipinski definition) is 9. The summed E-state index contributed by atoms with van der Waals surface area (Å²) in [6.07, 6.45) is 2.49. The first-order valence-corrected chi connectivity index (χ1v) is 13.5. The highest BCUT2D eigenvalue weighted by molar-refractivity contribution is 7.92. The van der Waals surface area contributed by atoms with Crippen LogP contribution in [0.15, 0.2) is 70.0 Å². The van der Waals surface area contributed by atoms with Gasteiger partial charge in [-0.05, 0) is 30.2 Å². The van der Waals surface area contributed by atoms with Gasteiger partial charge < -0.3 is 15.3 Å². The fraction of sp³-hybridized carbons (Fsp3) is 0.182. The van der Waals surface area contributed by atoms with Crippen molar-refractivity contribution in [3.63, 3.8) is 0 Å². The fourth-order valence-electron chi connectivity index (χ4n) is 4.14. The Bertz CT molecular complexity index is 1530. The van der Waals surface area contributed by atoms with E-state index in [1.54, 1.807) is 24.3 Å². The van der Waals surface area contributed by atoms with Crippen LogP contribution in [-0.4, -0.2) is 46.9 Å². The van der Waals surface area contributed by atoms with E-state index in [9.17, 15) is 26.7 Å². The Kier molecular flexibility index (Phi) is 6.05. The van der Waals surface area contributed by atoms with Gasteiger partial charge in [0.2, 0.25) is 10.0 Å². The number of rotatable bonds is 7. The minimum absolute atomic E-state index is 0.0225. The number of ketones is 1. The molecular formula is C22H22N4O7S2. The third-order valence-corrected chi connectivity index (χ3v) is 7.41. The van der Waals surface area contributed by atoms with Gasteiger partial charge in [-0.1, -0.05) is 30.3 Å². The summed E-state index contributed by atoms with van der Waals surface area (Å²) < 4.78 is 55.1. The van der Waals surface area contributed by atoms with Gasteiger partial charge in [-0.2, -0.15) is 13.9 Å². The van der Waals surface area contributed by atoms with Gasteiger partial charge in [0.25, 0.3) is 10.0 Å². The molecule has 4 N–H and O–H groups in total. The molecule has 35 heavy (non-hydrogen) atoms. The van der Waals surface area contributed by atoms with Gasteiger partial charge in [-0.3, -0.25) is 9.52 Å². The van der Waals surface area contributed by atoms with Gasteiger partial charge in [0.1, 0.15) is 21.8 Å².